The maximum atomic E-state index is 13.0. The number of halogens is 1. The van der Waals surface area contributed by atoms with Gasteiger partial charge < -0.3 is 14.5 Å². The lowest BCUT2D eigenvalue weighted by atomic mass is 10.1. The Bertz CT molecular complexity index is 680. The minimum Gasteiger partial charge on any atom is -0.495 e. The lowest BCUT2D eigenvalue weighted by Gasteiger charge is -2.36. The maximum Gasteiger partial charge on any atom is 0.253 e. The monoisotopic (exact) mass is 314 g/mol. The van der Waals surface area contributed by atoms with Crippen LogP contribution in [0, 0.1) is 5.82 Å². The average molecular weight is 314 g/mol. The van der Waals surface area contributed by atoms with Gasteiger partial charge in [-0.2, -0.15) is 0 Å². The molecule has 1 aliphatic heterocycles. The van der Waals surface area contributed by atoms with Crippen LogP contribution < -0.4 is 9.64 Å². The minimum absolute atomic E-state index is 0.0512. The Balaban J connectivity index is 1.66. The van der Waals surface area contributed by atoms with Crippen LogP contribution in [0.4, 0.5) is 10.1 Å². The second-order valence-electron chi connectivity index (χ2n) is 5.46. The number of anilines is 1. The van der Waals surface area contributed by atoms with Crippen molar-refractivity contribution in [3.8, 4) is 5.75 Å². The molecule has 0 atom stereocenters. The zero-order valence-electron chi connectivity index (χ0n) is 13.0. The van der Waals surface area contributed by atoms with Crippen LogP contribution in [-0.4, -0.2) is 44.1 Å². The predicted octanol–water partition coefficient (Wildman–Crippen LogP) is 2.80. The van der Waals surface area contributed by atoms with Gasteiger partial charge in [0.05, 0.1) is 12.8 Å². The van der Waals surface area contributed by atoms with Crippen LogP contribution in [0.3, 0.4) is 0 Å². The van der Waals surface area contributed by atoms with Crippen LogP contribution in [-0.2, 0) is 0 Å². The van der Waals surface area contributed by atoms with Crippen molar-refractivity contribution < 1.29 is 13.9 Å². The van der Waals surface area contributed by atoms with Gasteiger partial charge >= 0.3 is 0 Å². The highest BCUT2D eigenvalue weighted by Crippen LogP contribution is 2.28. The SMILES string of the molecule is COc1ccccc1N1CCN(C(=O)c2ccc(F)cc2)CC1. The molecule has 23 heavy (non-hydrogen) atoms. The van der Waals surface area contributed by atoms with Crippen LogP contribution in [0.2, 0.25) is 0 Å². The third-order valence-corrected chi connectivity index (χ3v) is 4.08. The molecule has 1 amide bonds. The number of rotatable bonds is 3. The second kappa shape index (κ2) is 6.69. The molecule has 120 valence electrons. The van der Waals surface area contributed by atoms with Crippen molar-refractivity contribution in [2.24, 2.45) is 0 Å². The summed E-state index contributed by atoms with van der Waals surface area (Å²) in [4.78, 5) is 16.5. The van der Waals surface area contributed by atoms with Gasteiger partial charge in [-0.1, -0.05) is 12.1 Å². The highest BCUT2D eigenvalue weighted by molar-refractivity contribution is 5.94. The van der Waals surface area contributed by atoms with Gasteiger partial charge in [-0.3, -0.25) is 4.79 Å². The van der Waals surface area contributed by atoms with E-state index in [4.69, 9.17) is 4.74 Å². The van der Waals surface area contributed by atoms with E-state index in [0.29, 0.717) is 18.7 Å². The normalized spacial score (nSPS) is 14.7. The van der Waals surface area contributed by atoms with E-state index in [0.717, 1.165) is 24.5 Å². The summed E-state index contributed by atoms with van der Waals surface area (Å²) in [6.45, 7) is 2.75. The summed E-state index contributed by atoms with van der Waals surface area (Å²) in [5.74, 6) is 0.457. The summed E-state index contributed by atoms with van der Waals surface area (Å²) in [5.41, 5.74) is 1.57. The molecular weight excluding hydrogens is 295 g/mol. The van der Waals surface area contributed by atoms with E-state index in [1.807, 2.05) is 24.3 Å². The quantitative estimate of drug-likeness (QED) is 0.873. The lowest BCUT2D eigenvalue weighted by molar-refractivity contribution is 0.0746. The third-order valence-electron chi connectivity index (χ3n) is 4.08. The van der Waals surface area contributed by atoms with Crippen molar-refractivity contribution in [1.29, 1.82) is 0 Å². The molecule has 1 fully saturated rings. The zero-order chi connectivity index (χ0) is 16.2. The minimum atomic E-state index is -0.331. The number of hydrogen-bond donors (Lipinski definition) is 0. The van der Waals surface area contributed by atoms with Crippen molar-refractivity contribution in [3.05, 3.63) is 59.9 Å². The molecule has 0 unspecified atom stereocenters. The summed E-state index contributed by atoms with van der Waals surface area (Å²) in [6.07, 6.45) is 0. The molecule has 0 aromatic heterocycles. The molecule has 2 aromatic carbocycles. The topological polar surface area (TPSA) is 32.8 Å². The number of hydrogen-bond acceptors (Lipinski definition) is 3. The van der Waals surface area contributed by atoms with E-state index in [1.54, 1.807) is 12.0 Å². The van der Waals surface area contributed by atoms with Crippen LogP contribution in [0.15, 0.2) is 48.5 Å². The fourth-order valence-electron chi connectivity index (χ4n) is 2.82. The van der Waals surface area contributed by atoms with E-state index in [1.165, 1.54) is 24.3 Å². The lowest BCUT2D eigenvalue weighted by Crippen LogP contribution is -2.48. The first-order chi connectivity index (χ1) is 11.2. The Labute approximate surface area is 135 Å². The summed E-state index contributed by atoms with van der Waals surface area (Å²) < 4.78 is 18.4. The van der Waals surface area contributed by atoms with Crippen molar-refractivity contribution in [2.45, 2.75) is 0 Å². The van der Waals surface area contributed by atoms with E-state index in [2.05, 4.69) is 4.90 Å². The standard InChI is InChI=1S/C18H19FN2O2/c1-23-17-5-3-2-4-16(17)20-10-12-21(13-11-20)18(22)14-6-8-15(19)9-7-14/h2-9H,10-13H2,1H3. The number of benzene rings is 2. The third kappa shape index (κ3) is 3.28. The first-order valence-electron chi connectivity index (χ1n) is 7.62. The number of amides is 1. The number of piperazine rings is 1. The molecule has 0 radical (unpaired) electrons. The number of ether oxygens (including phenoxy) is 1. The molecule has 0 N–H and O–H groups in total. The van der Waals surface area contributed by atoms with E-state index in [9.17, 15) is 9.18 Å². The van der Waals surface area contributed by atoms with E-state index in [-0.39, 0.29) is 11.7 Å². The van der Waals surface area contributed by atoms with Gasteiger partial charge in [0.15, 0.2) is 0 Å². The van der Waals surface area contributed by atoms with E-state index < -0.39 is 0 Å². The van der Waals surface area contributed by atoms with Gasteiger partial charge in [-0.15, -0.1) is 0 Å². The van der Waals surface area contributed by atoms with Gasteiger partial charge in [0, 0.05) is 31.7 Å². The van der Waals surface area contributed by atoms with Gasteiger partial charge in [-0.05, 0) is 36.4 Å². The first kappa shape index (κ1) is 15.3. The number of carbonyl (C=O) groups is 1. The Hall–Kier alpha value is -2.56. The molecule has 2 aromatic rings. The molecular formula is C18H19FN2O2. The van der Waals surface area contributed by atoms with Crippen molar-refractivity contribution in [3.63, 3.8) is 0 Å². The van der Waals surface area contributed by atoms with Gasteiger partial charge in [0.25, 0.3) is 5.91 Å². The van der Waals surface area contributed by atoms with Crippen molar-refractivity contribution >= 4 is 11.6 Å². The summed E-state index contributed by atoms with van der Waals surface area (Å²) in [5, 5.41) is 0. The summed E-state index contributed by atoms with van der Waals surface area (Å²) in [6, 6.07) is 13.6. The largest absolute Gasteiger partial charge is 0.495 e. The number of carbonyl (C=O) groups excluding carboxylic acids is 1. The first-order valence-corrected chi connectivity index (χ1v) is 7.62. The molecule has 1 saturated heterocycles. The van der Waals surface area contributed by atoms with Crippen LogP contribution in [0.1, 0.15) is 10.4 Å². The Morgan fingerprint density at radius 2 is 1.65 bits per heavy atom. The Morgan fingerprint density at radius 1 is 1.00 bits per heavy atom. The highest BCUT2D eigenvalue weighted by atomic mass is 19.1. The van der Waals surface area contributed by atoms with Crippen molar-refractivity contribution in [2.75, 3.05) is 38.2 Å². The second-order valence-corrected chi connectivity index (χ2v) is 5.46. The predicted molar refractivity (Wildman–Crippen MR) is 87.5 cm³/mol. The van der Waals surface area contributed by atoms with Gasteiger partial charge in [0.1, 0.15) is 11.6 Å². The summed E-state index contributed by atoms with van der Waals surface area (Å²) in [7, 11) is 1.66. The molecule has 3 rings (SSSR count). The van der Waals surface area contributed by atoms with E-state index >= 15 is 0 Å². The number of para-hydroxylation sites is 2. The molecule has 1 heterocycles. The zero-order valence-corrected chi connectivity index (χ0v) is 13.0. The molecule has 0 spiro atoms. The van der Waals surface area contributed by atoms with Gasteiger partial charge in [0.2, 0.25) is 0 Å². The summed E-state index contributed by atoms with van der Waals surface area (Å²) >= 11 is 0. The fraction of sp³-hybridized carbons (Fsp3) is 0.278. The number of methoxy groups -OCH3 is 1. The fourth-order valence-corrected chi connectivity index (χ4v) is 2.82. The molecule has 0 bridgehead atoms. The maximum absolute atomic E-state index is 13.0. The molecule has 5 heteroatoms. The Kier molecular flexibility index (Phi) is 4.46. The van der Waals surface area contributed by atoms with Crippen molar-refractivity contribution in [1.82, 2.24) is 4.90 Å². The smallest absolute Gasteiger partial charge is 0.253 e. The molecule has 0 aliphatic carbocycles. The van der Waals surface area contributed by atoms with Gasteiger partial charge in [-0.25, -0.2) is 4.39 Å². The molecule has 1 aliphatic rings. The Morgan fingerprint density at radius 3 is 2.30 bits per heavy atom. The van der Waals surface area contributed by atoms with Crippen LogP contribution in [0.25, 0.3) is 0 Å². The van der Waals surface area contributed by atoms with Crippen LogP contribution in [0.5, 0.6) is 5.75 Å². The molecule has 0 saturated carbocycles. The van der Waals surface area contributed by atoms with Crippen LogP contribution >= 0.6 is 0 Å². The highest BCUT2D eigenvalue weighted by Gasteiger charge is 2.23. The average Bonchev–Trinajstić information content (AvgIpc) is 2.62. The molecule has 4 nitrogen and oxygen atoms in total. The number of nitrogens with zero attached hydrogens (tertiary/aromatic N) is 2.